The summed E-state index contributed by atoms with van der Waals surface area (Å²) in [5.41, 5.74) is 2.33. The van der Waals surface area contributed by atoms with Gasteiger partial charge in [-0.2, -0.15) is 0 Å². The number of fused-ring (bicyclic) bond motifs is 1. The lowest BCUT2D eigenvalue weighted by Gasteiger charge is -2.13. The van der Waals surface area contributed by atoms with E-state index in [2.05, 4.69) is 32.1 Å². The number of nitrogens with zero attached hydrogens (tertiary/aromatic N) is 4. The minimum atomic E-state index is -0.597. The van der Waals surface area contributed by atoms with Gasteiger partial charge in [0.05, 0.1) is 37.1 Å². The van der Waals surface area contributed by atoms with Gasteiger partial charge in [-0.05, 0) is 20.2 Å². The molecule has 0 saturated heterocycles. The third kappa shape index (κ3) is 5.34. The molecule has 2 N–H and O–H groups in total. The molecule has 0 aliphatic heterocycles. The van der Waals surface area contributed by atoms with Gasteiger partial charge in [-0.1, -0.05) is 30.0 Å². The molecule has 0 saturated carbocycles. The zero-order valence-electron chi connectivity index (χ0n) is 20.7. The van der Waals surface area contributed by atoms with Crippen LogP contribution in [0.3, 0.4) is 0 Å². The van der Waals surface area contributed by atoms with E-state index < -0.39 is 10.9 Å². The van der Waals surface area contributed by atoms with Gasteiger partial charge < -0.3 is 19.8 Å². The molecule has 0 aliphatic carbocycles. The molecule has 0 radical (unpaired) electrons. The molecule has 0 bridgehead atoms. The number of benzene rings is 2. The Balaban J connectivity index is 1.80. The number of aromatic nitrogens is 3. The molecule has 0 unspecified atom stereocenters. The smallest absolute Gasteiger partial charge is 0.341 e. The number of hydrogen-bond donors (Lipinski definition) is 2. The van der Waals surface area contributed by atoms with Gasteiger partial charge in [0.25, 0.3) is 5.69 Å². The van der Waals surface area contributed by atoms with E-state index in [0.717, 1.165) is 10.9 Å². The van der Waals surface area contributed by atoms with E-state index in [-0.39, 0.29) is 28.5 Å². The van der Waals surface area contributed by atoms with Crippen molar-refractivity contribution in [3.63, 3.8) is 0 Å². The molecule has 0 atom stereocenters. The fraction of sp³-hybridized carbons (Fsp3) is 0.192. The van der Waals surface area contributed by atoms with Gasteiger partial charge in [-0.25, -0.2) is 14.8 Å². The lowest BCUT2D eigenvalue weighted by Crippen LogP contribution is -2.11. The number of hydrogen-bond acceptors (Lipinski definition) is 9. The van der Waals surface area contributed by atoms with E-state index in [9.17, 15) is 14.9 Å². The molecule has 11 heteroatoms. The molecule has 188 valence electrons. The van der Waals surface area contributed by atoms with E-state index in [4.69, 9.17) is 9.47 Å². The Kier molecular flexibility index (Phi) is 7.31. The Morgan fingerprint density at radius 3 is 2.73 bits per heavy atom. The fourth-order valence-electron chi connectivity index (χ4n) is 3.67. The van der Waals surface area contributed by atoms with Crippen LogP contribution in [0, 0.1) is 22.0 Å². The van der Waals surface area contributed by atoms with Crippen LogP contribution in [0.1, 0.15) is 15.9 Å². The molecule has 0 amide bonds. The summed E-state index contributed by atoms with van der Waals surface area (Å²) in [6.45, 7) is 0.441. The average Bonchev–Trinajstić information content (AvgIpc) is 3.32. The molecule has 4 aromatic rings. The lowest BCUT2D eigenvalue weighted by molar-refractivity contribution is -0.385. The first-order valence-electron chi connectivity index (χ1n) is 11.1. The Hall–Kier alpha value is -4.95. The molecule has 37 heavy (non-hydrogen) atoms. The third-order valence-electron chi connectivity index (χ3n) is 5.42. The largest absolute Gasteiger partial charge is 0.495 e. The molecule has 2 aromatic carbocycles. The van der Waals surface area contributed by atoms with E-state index in [1.165, 1.54) is 32.5 Å². The summed E-state index contributed by atoms with van der Waals surface area (Å²) >= 11 is 0. The van der Waals surface area contributed by atoms with Crippen molar-refractivity contribution in [3.05, 3.63) is 70.0 Å². The van der Waals surface area contributed by atoms with Crippen LogP contribution in [0.2, 0.25) is 0 Å². The highest BCUT2D eigenvalue weighted by Crippen LogP contribution is 2.35. The van der Waals surface area contributed by atoms with Crippen molar-refractivity contribution in [1.82, 2.24) is 19.9 Å². The number of nitrogens with one attached hydrogen (secondary N) is 2. The summed E-state index contributed by atoms with van der Waals surface area (Å²) in [5.74, 6) is 5.56. The Morgan fingerprint density at radius 2 is 2.03 bits per heavy atom. The van der Waals surface area contributed by atoms with Crippen LogP contribution in [0.4, 0.5) is 17.3 Å². The maximum absolute atomic E-state index is 12.5. The van der Waals surface area contributed by atoms with Crippen molar-refractivity contribution >= 4 is 34.2 Å². The van der Waals surface area contributed by atoms with Crippen LogP contribution in [-0.2, 0) is 4.74 Å². The zero-order chi connectivity index (χ0) is 26.5. The quantitative estimate of drug-likeness (QED) is 0.167. The second-order valence-electron chi connectivity index (χ2n) is 8.19. The van der Waals surface area contributed by atoms with Gasteiger partial charge in [0.2, 0.25) is 5.95 Å². The average molecular weight is 501 g/mol. The molecule has 4 rings (SSSR count). The highest BCUT2D eigenvalue weighted by Gasteiger charge is 2.22. The van der Waals surface area contributed by atoms with Gasteiger partial charge in [0, 0.05) is 41.0 Å². The number of ether oxygens (including phenoxy) is 2. The highest BCUT2D eigenvalue weighted by atomic mass is 16.6. The van der Waals surface area contributed by atoms with E-state index in [1.54, 1.807) is 6.20 Å². The molecule has 2 heterocycles. The molecular weight excluding hydrogens is 476 g/mol. The van der Waals surface area contributed by atoms with Crippen LogP contribution in [0.5, 0.6) is 5.75 Å². The van der Waals surface area contributed by atoms with Crippen LogP contribution >= 0.6 is 0 Å². The summed E-state index contributed by atoms with van der Waals surface area (Å²) in [5, 5.41) is 15.6. The Labute approximate surface area is 212 Å². The van der Waals surface area contributed by atoms with E-state index in [0.29, 0.717) is 23.6 Å². The number of methoxy groups -OCH3 is 2. The van der Waals surface area contributed by atoms with Gasteiger partial charge in [0.15, 0.2) is 0 Å². The summed E-state index contributed by atoms with van der Waals surface area (Å²) in [4.78, 5) is 37.6. The Morgan fingerprint density at radius 1 is 1.24 bits per heavy atom. The number of carbonyl (C=O) groups excluding carboxylic acids is 1. The van der Waals surface area contributed by atoms with Crippen molar-refractivity contribution < 1.29 is 19.2 Å². The molecule has 0 spiro atoms. The van der Waals surface area contributed by atoms with E-state index >= 15 is 0 Å². The van der Waals surface area contributed by atoms with E-state index in [1.807, 2.05) is 43.3 Å². The first kappa shape index (κ1) is 25.2. The number of H-pyrrole nitrogens is 1. The number of carbonyl (C=O) groups is 1. The summed E-state index contributed by atoms with van der Waals surface area (Å²) < 4.78 is 10.4. The second-order valence-corrected chi connectivity index (χ2v) is 8.19. The van der Waals surface area contributed by atoms with Gasteiger partial charge in [-0.15, -0.1) is 0 Å². The van der Waals surface area contributed by atoms with Crippen molar-refractivity contribution in [1.29, 1.82) is 0 Å². The minimum Gasteiger partial charge on any atom is -0.495 e. The first-order valence-corrected chi connectivity index (χ1v) is 11.1. The number of nitro benzene ring substituents is 1. The minimum absolute atomic E-state index is 0.104. The summed E-state index contributed by atoms with van der Waals surface area (Å²) in [6.07, 6.45) is 3.09. The molecular formula is C26H24N6O5. The van der Waals surface area contributed by atoms with Crippen LogP contribution < -0.4 is 10.1 Å². The first-order chi connectivity index (χ1) is 17.8. The van der Waals surface area contributed by atoms with Crippen molar-refractivity contribution in [2.45, 2.75) is 0 Å². The standard InChI is InChI=1S/C26H24N6O5/c1-31(2)11-7-8-16-12-23(36-3)21(13-22(16)32(34)35)29-26-28-15-19(25(33)37-4)24(30-26)18-14-27-20-10-6-5-9-17(18)20/h5-6,9-10,12-15,27H,11H2,1-4H3,(H,28,29,30). The fourth-order valence-corrected chi connectivity index (χ4v) is 3.67. The van der Waals surface area contributed by atoms with Gasteiger partial charge in [-0.3, -0.25) is 15.0 Å². The number of aromatic amines is 1. The van der Waals surface area contributed by atoms with Gasteiger partial charge in [0.1, 0.15) is 16.9 Å². The zero-order valence-corrected chi connectivity index (χ0v) is 20.7. The monoisotopic (exact) mass is 500 g/mol. The van der Waals surface area contributed by atoms with Crippen molar-refractivity contribution in [2.24, 2.45) is 0 Å². The maximum atomic E-state index is 12.5. The Bertz CT molecular complexity index is 1550. The number of esters is 1. The van der Waals surface area contributed by atoms with Gasteiger partial charge >= 0.3 is 5.97 Å². The predicted octanol–water partition coefficient (Wildman–Crippen LogP) is 3.99. The maximum Gasteiger partial charge on any atom is 0.341 e. The topological polar surface area (TPSA) is 136 Å². The molecule has 11 nitrogen and oxygen atoms in total. The van der Waals surface area contributed by atoms with Crippen LogP contribution in [0.15, 0.2) is 48.8 Å². The predicted molar refractivity (Wildman–Crippen MR) is 139 cm³/mol. The van der Waals surface area contributed by atoms with Crippen molar-refractivity contribution in [3.8, 4) is 28.8 Å². The van der Waals surface area contributed by atoms with Crippen LogP contribution in [0.25, 0.3) is 22.2 Å². The van der Waals surface area contributed by atoms with Crippen molar-refractivity contribution in [2.75, 3.05) is 40.2 Å². The third-order valence-corrected chi connectivity index (χ3v) is 5.42. The molecule has 0 fully saturated rings. The number of rotatable bonds is 7. The summed E-state index contributed by atoms with van der Waals surface area (Å²) in [7, 11) is 6.43. The lowest BCUT2D eigenvalue weighted by atomic mass is 10.1. The number of anilines is 2. The SMILES string of the molecule is COC(=O)c1cnc(Nc2cc([N+](=O)[O-])c(C#CCN(C)C)cc2OC)nc1-c1c[nH]c2ccccc12. The second kappa shape index (κ2) is 10.8. The van der Waals surface area contributed by atoms with Crippen LogP contribution in [-0.4, -0.2) is 65.6 Å². The highest BCUT2D eigenvalue weighted by molar-refractivity contribution is 6.02. The molecule has 2 aromatic heterocycles. The number of nitro groups is 1. The number of para-hydroxylation sites is 1. The molecule has 0 aliphatic rings. The normalized spacial score (nSPS) is 10.6. The summed E-state index contributed by atoms with van der Waals surface area (Å²) in [6, 6.07) is 10.4.